The van der Waals surface area contributed by atoms with E-state index in [1.54, 1.807) is 24.3 Å². The van der Waals surface area contributed by atoms with Crippen LogP contribution in [-0.2, 0) is 0 Å². The average molecular weight is 325 g/mol. The van der Waals surface area contributed by atoms with Crippen LogP contribution in [0.2, 0.25) is 0 Å². The molecule has 0 aliphatic rings. The van der Waals surface area contributed by atoms with Gasteiger partial charge in [-0.15, -0.1) is 0 Å². The number of fused-ring (bicyclic) bond motifs is 1. The van der Waals surface area contributed by atoms with Crippen LogP contribution in [0.5, 0.6) is 0 Å². The summed E-state index contributed by atoms with van der Waals surface area (Å²) in [7, 11) is 0. The van der Waals surface area contributed by atoms with Crippen LogP contribution < -0.4 is 22.0 Å². The van der Waals surface area contributed by atoms with Gasteiger partial charge in [0.25, 0.3) is 22.9 Å². The third kappa shape index (κ3) is 2.77. The quantitative estimate of drug-likeness (QED) is 0.479. The number of carbonyl (C=O) groups excluding carboxylic acids is 2. The largest absolute Gasteiger partial charge is 0.328 e. The number of amides is 2. The van der Waals surface area contributed by atoms with Crippen LogP contribution in [0.15, 0.2) is 52.2 Å². The molecule has 0 atom stereocenters. The van der Waals surface area contributed by atoms with Gasteiger partial charge in [0.15, 0.2) is 5.69 Å². The molecular weight excluding hydrogens is 314 g/mol. The second-order valence-electron chi connectivity index (χ2n) is 4.77. The van der Waals surface area contributed by atoms with Crippen molar-refractivity contribution < 1.29 is 9.59 Å². The first-order valence-electron chi connectivity index (χ1n) is 6.84. The van der Waals surface area contributed by atoms with Crippen molar-refractivity contribution in [3.05, 3.63) is 74.6 Å². The summed E-state index contributed by atoms with van der Waals surface area (Å²) < 4.78 is 0. The fraction of sp³-hybridized carbons (Fsp3) is 0. The summed E-state index contributed by atoms with van der Waals surface area (Å²) in [5.41, 5.74) is 3.05. The Morgan fingerprint density at radius 1 is 0.875 bits per heavy atom. The van der Waals surface area contributed by atoms with Crippen molar-refractivity contribution in [2.45, 2.75) is 0 Å². The Hall–Kier alpha value is -3.75. The lowest BCUT2D eigenvalue weighted by Gasteiger charge is -2.07. The number of nitrogens with zero attached hydrogens (tertiary/aromatic N) is 1. The Morgan fingerprint density at radius 2 is 1.58 bits per heavy atom. The summed E-state index contributed by atoms with van der Waals surface area (Å²) in [5.74, 6) is -1.51. The topological polar surface area (TPSA) is 137 Å². The molecule has 9 heteroatoms. The first-order chi connectivity index (χ1) is 11.6. The number of H-pyrrole nitrogens is 2. The van der Waals surface area contributed by atoms with E-state index >= 15 is 0 Å². The molecule has 0 saturated carbocycles. The van der Waals surface area contributed by atoms with Crippen LogP contribution in [0.25, 0.3) is 10.8 Å². The second kappa shape index (κ2) is 6.16. The molecule has 4 N–H and O–H groups in total. The van der Waals surface area contributed by atoms with Crippen LogP contribution >= 0.6 is 0 Å². The Kier molecular flexibility index (Phi) is 3.89. The van der Waals surface area contributed by atoms with Gasteiger partial charge in [-0.1, -0.05) is 18.2 Å². The molecule has 0 fully saturated rings. The van der Waals surface area contributed by atoms with Crippen LogP contribution in [0.3, 0.4) is 0 Å². The molecule has 9 nitrogen and oxygen atoms in total. The van der Waals surface area contributed by atoms with Crippen LogP contribution in [0.1, 0.15) is 20.8 Å². The summed E-state index contributed by atoms with van der Waals surface area (Å²) in [5, 5.41) is 6.56. The van der Waals surface area contributed by atoms with Crippen molar-refractivity contribution in [1.29, 1.82) is 0 Å². The van der Waals surface area contributed by atoms with E-state index in [9.17, 15) is 19.2 Å². The first kappa shape index (κ1) is 15.2. The predicted molar refractivity (Wildman–Crippen MR) is 84.4 cm³/mol. The molecule has 2 aromatic heterocycles. The molecule has 1 aromatic carbocycles. The van der Waals surface area contributed by atoms with Crippen molar-refractivity contribution in [2.75, 3.05) is 0 Å². The van der Waals surface area contributed by atoms with E-state index < -0.39 is 22.9 Å². The van der Waals surface area contributed by atoms with E-state index in [1.165, 1.54) is 18.3 Å². The van der Waals surface area contributed by atoms with Crippen LogP contribution in [0, 0.1) is 0 Å². The Labute approximate surface area is 133 Å². The van der Waals surface area contributed by atoms with Crippen molar-refractivity contribution in [1.82, 2.24) is 26.0 Å². The zero-order chi connectivity index (χ0) is 17.1. The van der Waals surface area contributed by atoms with Gasteiger partial charge >= 0.3 is 0 Å². The van der Waals surface area contributed by atoms with Gasteiger partial charge < -0.3 is 4.98 Å². The van der Waals surface area contributed by atoms with Crippen molar-refractivity contribution in [2.24, 2.45) is 0 Å². The maximum absolute atomic E-state index is 12.2. The normalized spacial score (nSPS) is 10.3. The number of aromatic amines is 2. The van der Waals surface area contributed by atoms with Crippen molar-refractivity contribution in [3.63, 3.8) is 0 Å². The zero-order valence-corrected chi connectivity index (χ0v) is 12.1. The molecule has 120 valence electrons. The smallest absolute Gasteiger partial charge is 0.290 e. The van der Waals surface area contributed by atoms with E-state index in [0.29, 0.717) is 10.8 Å². The standard InChI is InChI=1S/C15H11N5O4/c21-12-10(6-3-7-16-12)14(23)19-20-15(24)11-8-4-1-2-5-9(8)13(22)18-17-11/h1-7H,(H,16,21)(H,18,22)(H,19,23)(H,20,24). The maximum atomic E-state index is 12.2. The molecule has 0 spiro atoms. The number of rotatable bonds is 2. The van der Waals surface area contributed by atoms with Gasteiger partial charge in [-0.3, -0.25) is 30.0 Å². The van der Waals surface area contributed by atoms with E-state index in [4.69, 9.17) is 0 Å². The molecular formula is C15H11N5O4. The van der Waals surface area contributed by atoms with E-state index in [-0.39, 0.29) is 11.3 Å². The van der Waals surface area contributed by atoms with Crippen molar-refractivity contribution in [3.8, 4) is 0 Å². The number of pyridine rings is 1. The minimum atomic E-state index is -0.779. The number of carbonyl (C=O) groups is 2. The fourth-order valence-electron chi connectivity index (χ4n) is 2.13. The molecule has 0 aliphatic heterocycles. The summed E-state index contributed by atoms with van der Waals surface area (Å²) in [6.45, 7) is 0. The number of aromatic nitrogens is 3. The Bertz CT molecular complexity index is 1050. The maximum Gasteiger partial charge on any atom is 0.290 e. The highest BCUT2D eigenvalue weighted by Gasteiger charge is 2.16. The molecule has 24 heavy (non-hydrogen) atoms. The fourth-order valence-corrected chi connectivity index (χ4v) is 2.13. The van der Waals surface area contributed by atoms with Gasteiger partial charge in [0, 0.05) is 11.6 Å². The Morgan fingerprint density at radius 3 is 2.33 bits per heavy atom. The number of nitrogens with one attached hydrogen (secondary N) is 4. The highest BCUT2D eigenvalue weighted by atomic mass is 16.2. The number of benzene rings is 1. The minimum Gasteiger partial charge on any atom is -0.328 e. The van der Waals surface area contributed by atoms with Gasteiger partial charge in [0.1, 0.15) is 5.56 Å². The van der Waals surface area contributed by atoms with Crippen molar-refractivity contribution >= 4 is 22.6 Å². The molecule has 2 amide bonds. The lowest BCUT2D eigenvalue weighted by molar-refractivity contribution is 0.0843. The molecule has 0 radical (unpaired) electrons. The van der Waals surface area contributed by atoms with Gasteiger partial charge in [0.05, 0.1) is 5.39 Å². The molecule has 2 heterocycles. The minimum absolute atomic E-state index is 0.0625. The monoisotopic (exact) mass is 325 g/mol. The number of hydrogen-bond acceptors (Lipinski definition) is 5. The summed E-state index contributed by atoms with van der Waals surface area (Å²) >= 11 is 0. The molecule has 0 unspecified atom stereocenters. The summed E-state index contributed by atoms with van der Waals surface area (Å²) in [4.78, 5) is 49.6. The Balaban J connectivity index is 1.83. The average Bonchev–Trinajstić information content (AvgIpc) is 2.60. The number of hydrogen-bond donors (Lipinski definition) is 4. The lowest BCUT2D eigenvalue weighted by Crippen LogP contribution is -2.43. The van der Waals surface area contributed by atoms with Gasteiger partial charge in [-0.2, -0.15) is 5.10 Å². The van der Waals surface area contributed by atoms with Crippen LogP contribution in [0.4, 0.5) is 0 Å². The zero-order valence-electron chi connectivity index (χ0n) is 12.1. The van der Waals surface area contributed by atoms with E-state index in [0.717, 1.165) is 0 Å². The third-order valence-electron chi connectivity index (χ3n) is 3.26. The summed E-state index contributed by atoms with van der Waals surface area (Å²) in [6, 6.07) is 9.22. The van der Waals surface area contributed by atoms with Crippen LogP contribution in [-0.4, -0.2) is 27.0 Å². The van der Waals surface area contributed by atoms with Gasteiger partial charge in [0.2, 0.25) is 0 Å². The molecule has 0 bridgehead atoms. The molecule has 3 aromatic rings. The van der Waals surface area contributed by atoms with Gasteiger partial charge in [-0.05, 0) is 18.2 Å². The van der Waals surface area contributed by atoms with E-state index in [2.05, 4.69) is 26.0 Å². The van der Waals surface area contributed by atoms with Gasteiger partial charge in [-0.25, -0.2) is 5.10 Å². The molecule has 3 rings (SSSR count). The molecule has 0 saturated heterocycles. The SMILES string of the molecule is O=C(NNC(=O)c1n[nH]c(=O)c2ccccc12)c1ccc[nH]c1=O. The summed E-state index contributed by atoms with van der Waals surface area (Å²) in [6.07, 6.45) is 1.38. The number of hydrazine groups is 1. The van der Waals surface area contributed by atoms with E-state index in [1.807, 2.05) is 0 Å². The highest BCUT2D eigenvalue weighted by Crippen LogP contribution is 2.11. The lowest BCUT2D eigenvalue weighted by atomic mass is 10.1. The first-order valence-corrected chi connectivity index (χ1v) is 6.84. The third-order valence-corrected chi connectivity index (χ3v) is 3.26. The second-order valence-corrected chi connectivity index (χ2v) is 4.77. The predicted octanol–water partition coefficient (Wildman–Crippen LogP) is -0.314. The molecule has 0 aliphatic carbocycles. The highest BCUT2D eigenvalue weighted by molar-refractivity contribution is 6.05.